The van der Waals surface area contributed by atoms with E-state index in [4.69, 9.17) is 0 Å². The second-order valence-corrected chi connectivity index (χ2v) is 5.23. The number of thioether (sulfide) groups is 1. The third-order valence-electron chi connectivity index (χ3n) is 3.18. The Morgan fingerprint density at radius 1 is 1.19 bits per heavy atom. The Bertz CT molecular complexity index is 364. The van der Waals surface area contributed by atoms with Gasteiger partial charge in [-0.2, -0.15) is 0 Å². The van der Waals surface area contributed by atoms with Crippen LogP contribution < -0.4 is 10.2 Å². The highest BCUT2D eigenvalue weighted by molar-refractivity contribution is 7.99. The molecule has 2 aliphatic heterocycles. The summed E-state index contributed by atoms with van der Waals surface area (Å²) in [6, 6.07) is 6.75. The van der Waals surface area contributed by atoms with Gasteiger partial charge in [0, 0.05) is 42.5 Å². The van der Waals surface area contributed by atoms with Gasteiger partial charge in [0.1, 0.15) is 0 Å². The molecule has 0 radical (unpaired) electrons. The minimum atomic E-state index is 0. The molecule has 4 heteroatoms. The second-order valence-electron chi connectivity index (χ2n) is 4.09. The summed E-state index contributed by atoms with van der Waals surface area (Å²) >= 11 is 2.00. The summed E-state index contributed by atoms with van der Waals surface area (Å²) in [4.78, 5) is 4.03. The Hall–Kier alpha value is -0.380. The van der Waals surface area contributed by atoms with Crippen LogP contribution in [0.4, 0.5) is 5.69 Å². The van der Waals surface area contributed by atoms with Crippen LogP contribution in [-0.4, -0.2) is 31.9 Å². The van der Waals surface area contributed by atoms with Crippen molar-refractivity contribution in [2.45, 2.75) is 11.3 Å². The number of nitrogens with one attached hydrogen (secondary N) is 1. The molecule has 0 bridgehead atoms. The smallest absolute Gasteiger partial charge is 0.0411 e. The van der Waals surface area contributed by atoms with Gasteiger partial charge in [-0.25, -0.2) is 0 Å². The van der Waals surface area contributed by atoms with Gasteiger partial charge >= 0.3 is 0 Å². The molecule has 2 heterocycles. The third kappa shape index (κ3) is 2.17. The number of rotatable bonds is 1. The van der Waals surface area contributed by atoms with Crippen molar-refractivity contribution in [1.82, 2.24) is 5.32 Å². The SMILES string of the molecule is Cl.c1cc2c(c(N3CCNCC3)c1)CCS2. The summed E-state index contributed by atoms with van der Waals surface area (Å²) in [5.74, 6) is 1.26. The third-order valence-corrected chi connectivity index (χ3v) is 4.28. The van der Waals surface area contributed by atoms with Crippen molar-refractivity contribution >= 4 is 29.9 Å². The van der Waals surface area contributed by atoms with Gasteiger partial charge in [0.15, 0.2) is 0 Å². The lowest BCUT2D eigenvalue weighted by Crippen LogP contribution is -2.43. The highest BCUT2D eigenvalue weighted by Gasteiger charge is 2.19. The van der Waals surface area contributed by atoms with Crippen LogP contribution in [0.25, 0.3) is 0 Å². The lowest BCUT2D eigenvalue weighted by atomic mass is 10.1. The van der Waals surface area contributed by atoms with Gasteiger partial charge in [0.25, 0.3) is 0 Å². The van der Waals surface area contributed by atoms with E-state index in [0.29, 0.717) is 0 Å². The van der Waals surface area contributed by atoms with E-state index in [1.807, 2.05) is 11.8 Å². The van der Waals surface area contributed by atoms with Crippen LogP contribution in [0.15, 0.2) is 23.1 Å². The summed E-state index contributed by atoms with van der Waals surface area (Å²) in [6.07, 6.45) is 1.25. The molecule has 16 heavy (non-hydrogen) atoms. The molecule has 88 valence electrons. The van der Waals surface area contributed by atoms with Gasteiger partial charge in [0.2, 0.25) is 0 Å². The molecule has 0 unspecified atom stereocenters. The number of hydrogen-bond donors (Lipinski definition) is 1. The van der Waals surface area contributed by atoms with Crippen LogP contribution >= 0.6 is 24.2 Å². The summed E-state index contributed by atoms with van der Waals surface area (Å²) in [7, 11) is 0. The molecule has 1 aromatic rings. The number of nitrogens with zero attached hydrogens (tertiary/aromatic N) is 1. The first-order valence-electron chi connectivity index (χ1n) is 5.65. The average Bonchev–Trinajstić information content (AvgIpc) is 2.78. The molecule has 0 aliphatic carbocycles. The molecule has 0 saturated carbocycles. The van der Waals surface area contributed by atoms with E-state index in [1.165, 1.54) is 22.8 Å². The zero-order valence-corrected chi connectivity index (χ0v) is 10.9. The molecule has 3 rings (SSSR count). The number of piperazine rings is 1. The molecule has 1 saturated heterocycles. The van der Waals surface area contributed by atoms with Crippen molar-refractivity contribution in [2.75, 3.05) is 36.8 Å². The Labute approximate surface area is 107 Å². The van der Waals surface area contributed by atoms with Gasteiger partial charge in [0.05, 0.1) is 0 Å². The lowest BCUT2D eigenvalue weighted by Gasteiger charge is -2.31. The monoisotopic (exact) mass is 256 g/mol. The number of anilines is 1. The second kappa shape index (κ2) is 5.30. The highest BCUT2D eigenvalue weighted by atomic mass is 35.5. The van der Waals surface area contributed by atoms with Gasteiger partial charge in [-0.15, -0.1) is 24.2 Å². The van der Waals surface area contributed by atoms with Gasteiger partial charge < -0.3 is 10.2 Å². The maximum atomic E-state index is 3.41. The molecule has 1 fully saturated rings. The molecule has 1 aromatic carbocycles. The van der Waals surface area contributed by atoms with Crippen molar-refractivity contribution < 1.29 is 0 Å². The predicted octanol–water partition coefficient (Wildman–Crippen LogP) is 2.17. The average molecular weight is 257 g/mol. The largest absolute Gasteiger partial charge is 0.369 e. The summed E-state index contributed by atoms with van der Waals surface area (Å²) < 4.78 is 0. The van der Waals surface area contributed by atoms with Crippen LogP contribution in [0, 0.1) is 0 Å². The van der Waals surface area contributed by atoms with Crippen LogP contribution in [0.3, 0.4) is 0 Å². The van der Waals surface area contributed by atoms with Gasteiger partial charge in [-0.05, 0) is 24.1 Å². The van der Waals surface area contributed by atoms with E-state index in [9.17, 15) is 0 Å². The van der Waals surface area contributed by atoms with Crippen LogP contribution in [0.5, 0.6) is 0 Å². The van der Waals surface area contributed by atoms with E-state index in [0.717, 1.165) is 26.2 Å². The highest BCUT2D eigenvalue weighted by Crippen LogP contribution is 2.37. The normalized spacial score (nSPS) is 19.1. The molecule has 0 amide bonds. The first kappa shape index (κ1) is 12.1. The van der Waals surface area contributed by atoms with Crippen molar-refractivity contribution in [3.63, 3.8) is 0 Å². The molecule has 1 N–H and O–H groups in total. The summed E-state index contributed by atoms with van der Waals surface area (Å²) in [5.41, 5.74) is 3.07. The van der Waals surface area contributed by atoms with Crippen LogP contribution in [-0.2, 0) is 6.42 Å². The number of fused-ring (bicyclic) bond motifs is 1. The van der Waals surface area contributed by atoms with E-state index >= 15 is 0 Å². The van der Waals surface area contributed by atoms with Gasteiger partial charge in [-0.3, -0.25) is 0 Å². The van der Waals surface area contributed by atoms with Crippen molar-refractivity contribution in [3.8, 4) is 0 Å². The van der Waals surface area contributed by atoms with Crippen molar-refractivity contribution in [1.29, 1.82) is 0 Å². The van der Waals surface area contributed by atoms with Crippen LogP contribution in [0.1, 0.15) is 5.56 Å². The standard InChI is InChI=1S/C12H16N2S.ClH/c1-2-11(14-7-5-13-6-8-14)10-4-9-15-12(10)3-1;/h1-3,13H,4-9H2;1H. The number of benzene rings is 1. The van der Waals surface area contributed by atoms with Crippen molar-refractivity contribution in [2.24, 2.45) is 0 Å². The zero-order chi connectivity index (χ0) is 10.1. The topological polar surface area (TPSA) is 15.3 Å². The Morgan fingerprint density at radius 2 is 2.00 bits per heavy atom. The summed E-state index contributed by atoms with van der Waals surface area (Å²) in [5, 5.41) is 3.41. The number of halogens is 1. The molecule has 0 aromatic heterocycles. The first-order chi connectivity index (χ1) is 7.45. The molecular formula is C12H17ClN2S. The fraction of sp³-hybridized carbons (Fsp3) is 0.500. The molecule has 0 atom stereocenters. The fourth-order valence-electron chi connectivity index (χ4n) is 2.41. The Balaban J connectivity index is 0.000000963. The maximum absolute atomic E-state index is 3.41. The minimum Gasteiger partial charge on any atom is -0.369 e. The lowest BCUT2D eigenvalue weighted by molar-refractivity contribution is 0.587. The first-order valence-corrected chi connectivity index (χ1v) is 6.64. The van der Waals surface area contributed by atoms with E-state index < -0.39 is 0 Å². The minimum absolute atomic E-state index is 0. The Kier molecular flexibility index (Phi) is 4.00. The van der Waals surface area contributed by atoms with E-state index in [-0.39, 0.29) is 12.4 Å². The quantitative estimate of drug-likeness (QED) is 0.829. The van der Waals surface area contributed by atoms with Crippen LogP contribution in [0.2, 0.25) is 0 Å². The molecule has 2 aliphatic rings. The number of hydrogen-bond acceptors (Lipinski definition) is 3. The van der Waals surface area contributed by atoms with Crippen molar-refractivity contribution in [3.05, 3.63) is 23.8 Å². The molecular weight excluding hydrogens is 240 g/mol. The van der Waals surface area contributed by atoms with Gasteiger partial charge in [-0.1, -0.05) is 6.07 Å². The fourth-order valence-corrected chi connectivity index (χ4v) is 3.49. The molecule has 0 spiro atoms. The van der Waals surface area contributed by atoms with E-state index in [1.54, 1.807) is 5.56 Å². The summed E-state index contributed by atoms with van der Waals surface area (Å²) in [6.45, 7) is 4.55. The van der Waals surface area contributed by atoms with E-state index in [2.05, 4.69) is 28.4 Å². The zero-order valence-electron chi connectivity index (χ0n) is 9.24. The Morgan fingerprint density at radius 3 is 2.81 bits per heavy atom. The predicted molar refractivity (Wildman–Crippen MR) is 73.2 cm³/mol. The maximum Gasteiger partial charge on any atom is 0.0411 e. The molecule has 2 nitrogen and oxygen atoms in total.